The first kappa shape index (κ1) is 33.5. The summed E-state index contributed by atoms with van der Waals surface area (Å²) in [7, 11) is 0. The Kier molecular flexibility index (Phi) is 9.05. The van der Waals surface area contributed by atoms with Crippen molar-refractivity contribution in [2.45, 2.75) is 88.5 Å². The van der Waals surface area contributed by atoms with Crippen LogP contribution in [0.4, 0.5) is 17.6 Å². The summed E-state index contributed by atoms with van der Waals surface area (Å²) in [6.07, 6.45) is 14.0. The summed E-state index contributed by atoms with van der Waals surface area (Å²) in [5.74, 6) is -1.80. The first-order valence-electron chi connectivity index (χ1n) is 17.1. The van der Waals surface area contributed by atoms with Crippen LogP contribution in [0.2, 0.25) is 5.15 Å². The minimum absolute atomic E-state index is 0.0648. The number of hydrogen-bond acceptors (Lipinski definition) is 8. The number of aliphatic hydroxyl groups excluding tert-OH is 1. The third-order valence-electron chi connectivity index (χ3n) is 9.47. The predicted octanol–water partition coefficient (Wildman–Crippen LogP) is 8.33. The maximum atomic E-state index is 13.7. The van der Waals surface area contributed by atoms with Crippen molar-refractivity contribution in [2.24, 2.45) is 0 Å². The van der Waals surface area contributed by atoms with E-state index in [9.17, 15) is 17.6 Å². The fourth-order valence-electron chi connectivity index (χ4n) is 6.03. The second-order valence-electron chi connectivity index (χ2n) is 13.4. The standard InChI is InChI=1S/C18H16F2N4O.C14H9ClF2N4.C4H8O/c19-13-7-15-16(8-14(13)20)24(11-4-5-11)18(22-15)10-6-17(23-21-9-10)25-12-2-1-3-12;15-13-3-7(6-18-20-13)14-19-11-4-9(16)10(17)5-12(11)21(14)8-1-2-8;5-4-2-1-3-4/h6-9,11-12H,1-5H2;3-6,8H,1-2H2;4-5H,1-3H2. The van der Waals surface area contributed by atoms with Gasteiger partial charge >= 0.3 is 0 Å². The van der Waals surface area contributed by atoms with Gasteiger partial charge in [0.1, 0.15) is 17.8 Å². The van der Waals surface area contributed by atoms with Crippen molar-refractivity contribution in [3.8, 4) is 28.7 Å². The SMILES string of the molecule is Fc1cc2nc(-c3cnnc(Cl)c3)n(C3CC3)c2cc1F.Fc1cc2nc(-c3cnnc(OC4CCC4)c3)n(C3CC3)c2cc1F.OC1CCC1. The Balaban J connectivity index is 0.000000130. The summed E-state index contributed by atoms with van der Waals surface area (Å²) in [4.78, 5) is 8.95. The molecule has 4 aliphatic carbocycles. The molecular formula is C36H33ClF4N8O2. The van der Waals surface area contributed by atoms with Gasteiger partial charge in [-0.3, -0.25) is 0 Å². The van der Waals surface area contributed by atoms with E-state index in [1.165, 1.54) is 25.0 Å². The number of aliphatic hydroxyl groups is 1. The lowest BCUT2D eigenvalue weighted by atomic mass is 9.96. The number of ether oxygens (including phenoxy) is 1. The van der Waals surface area contributed by atoms with Gasteiger partial charge in [0.2, 0.25) is 5.88 Å². The van der Waals surface area contributed by atoms with Crippen molar-refractivity contribution in [3.05, 3.63) is 77.2 Å². The number of fused-ring (bicyclic) bond motifs is 2. The molecule has 6 aromatic rings. The second-order valence-corrected chi connectivity index (χ2v) is 13.8. The highest BCUT2D eigenvalue weighted by atomic mass is 35.5. The molecule has 1 N–H and O–H groups in total. The molecular weight excluding hydrogens is 688 g/mol. The Morgan fingerprint density at radius 2 is 1.10 bits per heavy atom. The van der Waals surface area contributed by atoms with Crippen LogP contribution in [0.1, 0.15) is 76.3 Å². The molecule has 4 aromatic heterocycles. The summed E-state index contributed by atoms with van der Waals surface area (Å²) in [5.41, 5.74) is 3.48. The molecule has 264 valence electrons. The van der Waals surface area contributed by atoms with Crippen LogP contribution >= 0.6 is 11.6 Å². The smallest absolute Gasteiger partial charge is 0.234 e. The monoisotopic (exact) mass is 720 g/mol. The van der Waals surface area contributed by atoms with Crippen LogP contribution in [0.3, 0.4) is 0 Å². The lowest BCUT2D eigenvalue weighted by Gasteiger charge is -2.25. The number of rotatable bonds is 6. The van der Waals surface area contributed by atoms with Crippen LogP contribution in [0.5, 0.6) is 5.88 Å². The molecule has 4 aliphatic rings. The van der Waals surface area contributed by atoms with Crippen molar-refractivity contribution in [3.63, 3.8) is 0 Å². The number of imidazole rings is 2. The minimum atomic E-state index is -0.902. The Hall–Kier alpha value is -4.69. The largest absolute Gasteiger partial charge is 0.473 e. The fraction of sp³-hybridized carbons (Fsp3) is 0.389. The number of nitrogens with zero attached hydrogens (tertiary/aromatic N) is 8. The van der Waals surface area contributed by atoms with E-state index in [4.69, 9.17) is 21.4 Å². The zero-order valence-electron chi connectivity index (χ0n) is 27.3. The van der Waals surface area contributed by atoms with Crippen LogP contribution in [0, 0.1) is 23.3 Å². The highest BCUT2D eigenvalue weighted by Gasteiger charge is 2.31. The first-order chi connectivity index (χ1) is 24.7. The molecule has 15 heteroatoms. The average Bonchev–Trinajstić information content (AvgIpc) is 4.03. The van der Waals surface area contributed by atoms with Crippen molar-refractivity contribution < 1.29 is 27.4 Å². The fourth-order valence-corrected chi connectivity index (χ4v) is 6.19. The number of aromatic nitrogens is 8. The van der Waals surface area contributed by atoms with E-state index in [2.05, 4.69) is 30.4 Å². The minimum Gasteiger partial charge on any atom is -0.473 e. The Morgan fingerprint density at radius 3 is 1.53 bits per heavy atom. The van der Waals surface area contributed by atoms with E-state index in [0.717, 1.165) is 69.1 Å². The van der Waals surface area contributed by atoms with Crippen LogP contribution in [-0.2, 0) is 0 Å². The predicted molar refractivity (Wildman–Crippen MR) is 181 cm³/mol. The lowest BCUT2D eigenvalue weighted by molar-refractivity contribution is 0.0950. The van der Waals surface area contributed by atoms with Gasteiger partial charge in [-0.2, -0.15) is 10.2 Å². The number of benzene rings is 2. The molecule has 0 amide bonds. The van der Waals surface area contributed by atoms with Crippen molar-refractivity contribution >= 4 is 33.7 Å². The van der Waals surface area contributed by atoms with E-state index in [1.54, 1.807) is 24.5 Å². The molecule has 4 saturated carbocycles. The van der Waals surface area contributed by atoms with Crippen molar-refractivity contribution in [1.82, 2.24) is 39.5 Å². The van der Waals surface area contributed by atoms with Gasteiger partial charge < -0.3 is 19.0 Å². The van der Waals surface area contributed by atoms with Crippen LogP contribution in [-0.4, -0.2) is 56.8 Å². The third-order valence-corrected chi connectivity index (χ3v) is 9.66. The topological polar surface area (TPSA) is 117 Å². The van der Waals surface area contributed by atoms with Crippen LogP contribution in [0.25, 0.3) is 44.8 Å². The van der Waals surface area contributed by atoms with E-state index in [-0.39, 0.29) is 29.4 Å². The first-order valence-corrected chi connectivity index (χ1v) is 17.5. The molecule has 0 aliphatic heterocycles. The summed E-state index contributed by atoms with van der Waals surface area (Å²) in [6.45, 7) is 0. The van der Waals surface area contributed by atoms with E-state index >= 15 is 0 Å². The Morgan fingerprint density at radius 1 is 0.627 bits per heavy atom. The summed E-state index contributed by atoms with van der Waals surface area (Å²) in [6, 6.07) is 8.63. The average molecular weight is 721 g/mol. The second kappa shape index (κ2) is 13.8. The molecule has 0 bridgehead atoms. The molecule has 51 heavy (non-hydrogen) atoms. The molecule has 10 rings (SSSR count). The van der Waals surface area contributed by atoms with Gasteiger partial charge in [-0.05, 0) is 70.3 Å². The zero-order valence-corrected chi connectivity index (χ0v) is 28.1. The summed E-state index contributed by atoms with van der Waals surface area (Å²) in [5, 5.41) is 24.2. The van der Waals surface area contributed by atoms with Crippen LogP contribution < -0.4 is 4.74 Å². The quantitative estimate of drug-likeness (QED) is 0.171. The van der Waals surface area contributed by atoms with Gasteiger partial charge in [0.25, 0.3) is 0 Å². The van der Waals surface area contributed by atoms with Gasteiger partial charge in [0.05, 0.1) is 40.6 Å². The molecule has 0 spiro atoms. The highest BCUT2D eigenvalue weighted by molar-refractivity contribution is 6.29. The Bertz CT molecular complexity index is 2230. The maximum Gasteiger partial charge on any atom is 0.234 e. The van der Waals surface area contributed by atoms with Gasteiger partial charge in [0, 0.05) is 53.5 Å². The number of hydrogen-bond donors (Lipinski definition) is 1. The summed E-state index contributed by atoms with van der Waals surface area (Å²) < 4.78 is 64.0. The zero-order chi connectivity index (χ0) is 35.2. The molecule has 0 saturated heterocycles. The van der Waals surface area contributed by atoms with Gasteiger partial charge in [0.15, 0.2) is 28.4 Å². The van der Waals surface area contributed by atoms with E-state index in [0.29, 0.717) is 45.2 Å². The van der Waals surface area contributed by atoms with E-state index in [1.807, 2.05) is 9.13 Å². The lowest BCUT2D eigenvalue weighted by Crippen LogP contribution is -2.25. The molecule has 4 fully saturated rings. The third kappa shape index (κ3) is 7.11. The van der Waals surface area contributed by atoms with E-state index < -0.39 is 23.3 Å². The molecule has 4 heterocycles. The highest BCUT2D eigenvalue weighted by Crippen LogP contribution is 2.43. The Labute approximate surface area is 294 Å². The van der Waals surface area contributed by atoms with Gasteiger partial charge in [-0.15, -0.1) is 10.2 Å². The molecule has 0 atom stereocenters. The van der Waals surface area contributed by atoms with Crippen molar-refractivity contribution in [1.29, 1.82) is 0 Å². The maximum absolute atomic E-state index is 13.7. The molecule has 0 unspecified atom stereocenters. The summed E-state index contributed by atoms with van der Waals surface area (Å²) >= 11 is 5.86. The van der Waals surface area contributed by atoms with Gasteiger partial charge in [-0.25, -0.2) is 27.5 Å². The number of halogens is 5. The molecule has 2 aromatic carbocycles. The van der Waals surface area contributed by atoms with Gasteiger partial charge in [-0.1, -0.05) is 11.6 Å². The van der Waals surface area contributed by atoms with Crippen molar-refractivity contribution in [2.75, 3.05) is 0 Å². The molecule has 10 nitrogen and oxygen atoms in total. The normalized spacial score (nSPS) is 17.3. The molecule has 0 radical (unpaired) electrons. The van der Waals surface area contributed by atoms with Crippen LogP contribution in [0.15, 0.2) is 48.8 Å².